The molecule has 2 amide bonds. The van der Waals surface area contributed by atoms with Crippen molar-refractivity contribution >= 4 is 11.8 Å². The summed E-state index contributed by atoms with van der Waals surface area (Å²) in [5.41, 5.74) is 1.16. The van der Waals surface area contributed by atoms with Crippen molar-refractivity contribution in [2.75, 3.05) is 26.7 Å². The Kier molecular flexibility index (Phi) is 4.75. The third-order valence-corrected chi connectivity index (χ3v) is 5.36. The van der Waals surface area contributed by atoms with Gasteiger partial charge < -0.3 is 14.5 Å². The Bertz CT molecular complexity index is 842. The van der Waals surface area contributed by atoms with Crippen molar-refractivity contribution in [1.29, 1.82) is 0 Å². The van der Waals surface area contributed by atoms with Crippen molar-refractivity contribution in [1.82, 2.24) is 19.8 Å². The maximum atomic E-state index is 13.1. The normalized spacial score (nSPS) is 21.7. The Labute approximate surface area is 158 Å². The Morgan fingerprint density at radius 2 is 1.96 bits per heavy atom. The van der Waals surface area contributed by atoms with E-state index < -0.39 is 0 Å². The number of carbonyl (C=O) groups is 2. The summed E-state index contributed by atoms with van der Waals surface area (Å²) in [6.07, 6.45) is 6.79. The zero-order valence-corrected chi connectivity index (χ0v) is 15.2. The number of ether oxygens (including phenoxy) is 1. The smallest absolute Gasteiger partial charge is 0.255 e. The molecule has 140 valence electrons. The van der Waals surface area contributed by atoms with Gasteiger partial charge in [-0.05, 0) is 37.0 Å². The molecule has 0 spiro atoms. The molecule has 3 saturated heterocycles. The van der Waals surface area contributed by atoms with Gasteiger partial charge in [0.1, 0.15) is 0 Å². The lowest BCUT2D eigenvalue weighted by molar-refractivity contribution is 0.0574. The highest BCUT2D eigenvalue weighted by molar-refractivity contribution is 5.95. The van der Waals surface area contributed by atoms with E-state index in [0.717, 1.165) is 12.8 Å². The predicted molar refractivity (Wildman–Crippen MR) is 98.5 cm³/mol. The van der Waals surface area contributed by atoms with Gasteiger partial charge in [-0.2, -0.15) is 0 Å². The Hall–Kier alpha value is -2.96. The molecule has 0 aliphatic carbocycles. The maximum Gasteiger partial charge on any atom is 0.255 e. The Morgan fingerprint density at radius 3 is 2.74 bits per heavy atom. The third kappa shape index (κ3) is 3.49. The van der Waals surface area contributed by atoms with E-state index in [0.29, 0.717) is 36.6 Å². The standard InChI is InChI=1S/C20H22N4O3/c1-27-18-9-15(6-8-22-18)20(26)24-12-14-4-5-17(24)13-23(11-14)19(25)16-3-2-7-21-10-16/h2-3,6-10,14,17H,4-5,11-13H2,1H3/t14-,17+/m0/s1. The van der Waals surface area contributed by atoms with E-state index >= 15 is 0 Å². The van der Waals surface area contributed by atoms with E-state index in [9.17, 15) is 9.59 Å². The first-order chi connectivity index (χ1) is 13.2. The third-order valence-electron chi connectivity index (χ3n) is 5.36. The van der Waals surface area contributed by atoms with Crippen LogP contribution in [0.25, 0.3) is 0 Å². The van der Waals surface area contributed by atoms with Crippen LogP contribution in [0, 0.1) is 5.92 Å². The van der Waals surface area contributed by atoms with Crippen LogP contribution < -0.4 is 4.74 Å². The van der Waals surface area contributed by atoms with Crippen LogP contribution in [-0.2, 0) is 0 Å². The lowest BCUT2D eigenvalue weighted by Crippen LogP contribution is -2.47. The number of carbonyl (C=O) groups excluding carboxylic acids is 2. The molecule has 0 aromatic carbocycles. The van der Waals surface area contributed by atoms with Crippen molar-refractivity contribution in [3.05, 3.63) is 54.0 Å². The van der Waals surface area contributed by atoms with Gasteiger partial charge in [0.15, 0.2) is 0 Å². The average molecular weight is 366 g/mol. The lowest BCUT2D eigenvalue weighted by Gasteiger charge is -2.36. The highest BCUT2D eigenvalue weighted by Gasteiger charge is 2.39. The predicted octanol–water partition coefficient (Wildman–Crippen LogP) is 1.86. The minimum absolute atomic E-state index is 0.0140. The van der Waals surface area contributed by atoms with Crippen molar-refractivity contribution in [3.63, 3.8) is 0 Å². The molecule has 0 unspecified atom stereocenters. The molecule has 2 atom stereocenters. The monoisotopic (exact) mass is 366 g/mol. The van der Waals surface area contributed by atoms with Gasteiger partial charge in [-0.3, -0.25) is 14.6 Å². The number of rotatable bonds is 3. The molecule has 0 saturated carbocycles. The van der Waals surface area contributed by atoms with Gasteiger partial charge in [0.25, 0.3) is 11.8 Å². The van der Waals surface area contributed by atoms with Crippen molar-refractivity contribution < 1.29 is 14.3 Å². The molecule has 3 aliphatic heterocycles. The van der Waals surface area contributed by atoms with Gasteiger partial charge in [-0.15, -0.1) is 0 Å². The fraction of sp³-hybridized carbons (Fsp3) is 0.400. The summed E-state index contributed by atoms with van der Waals surface area (Å²) in [5, 5.41) is 0. The largest absolute Gasteiger partial charge is 0.481 e. The molecule has 27 heavy (non-hydrogen) atoms. The van der Waals surface area contributed by atoms with Gasteiger partial charge in [-0.1, -0.05) is 0 Å². The molecule has 0 radical (unpaired) electrons. The summed E-state index contributed by atoms with van der Waals surface area (Å²) in [4.78, 5) is 37.9. The SMILES string of the molecule is COc1cc(C(=O)N2C[C@H]3CC[C@@H]2CN(C(=O)c2cccnc2)C3)ccn1. The van der Waals surface area contributed by atoms with Crippen molar-refractivity contribution in [2.24, 2.45) is 5.92 Å². The van der Waals surface area contributed by atoms with Gasteiger partial charge in [0, 0.05) is 55.9 Å². The van der Waals surface area contributed by atoms with Crippen LogP contribution in [0.5, 0.6) is 5.88 Å². The topological polar surface area (TPSA) is 75.6 Å². The van der Waals surface area contributed by atoms with E-state index in [2.05, 4.69) is 9.97 Å². The van der Waals surface area contributed by atoms with E-state index in [1.807, 2.05) is 9.80 Å². The van der Waals surface area contributed by atoms with Crippen LogP contribution in [0.1, 0.15) is 33.6 Å². The number of hydrogen-bond acceptors (Lipinski definition) is 5. The average Bonchev–Trinajstić information content (AvgIpc) is 3.05. The number of nitrogens with zero attached hydrogens (tertiary/aromatic N) is 4. The minimum Gasteiger partial charge on any atom is -0.481 e. The molecule has 5 rings (SSSR count). The van der Waals surface area contributed by atoms with E-state index in [1.54, 1.807) is 42.9 Å². The van der Waals surface area contributed by atoms with E-state index in [-0.39, 0.29) is 23.8 Å². The second kappa shape index (κ2) is 7.34. The summed E-state index contributed by atoms with van der Waals surface area (Å²) in [6.45, 7) is 1.90. The molecular formula is C20H22N4O3. The first-order valence-electron chi connectivity index (χ1n) is 9.16. The number of piperidine rings is 1. The first kappa shape index (κ1) is 17.5. The highest BCUT2D eigenvalue weighted by Crippen LogP contribution is 2.30. The molecule has 2 bridgehead atoms. The first-order valence-corrected chi connectivity index (χ1v) is 9.16. The molecule has 0 N–H and O–H groups in total. The number of aromatic nitrogens is 2. The van der Waals surface area contributed by atoms with Crippen LogP contribution in [-0.4, -0.2) is 64.4 Å². The summed E-state index contributed by atoms with van der Waals surface area (Å²) >= 11 is 0. The second-order valence-electron chi connectivity index (χ2n) is 7.09. The van der Waals surface area contributed by atoms with Crippen LogP contribution in [0.3, 0.4) is 0 Å². The number of pyridine rings is 2. The molecular weight excluding hydrogens is 344 g/mol. The number of methoxy groups -OCH3 is 1. The summed E-state index contributed by atoms with van der Waals surface area (Å²) in [6, 6.07) is 6.96. The maximum absolute atomic E-state index is 13.1. The molecule has 5 heterocycles. The molecule has 3 fully saturated rings. The van der Waals surface area contributed by atoms with Crippen LogP contribution in [0.15, 0.2) is 42.9 Å². The highest BCUT2D eigenvalue weighted by atomic mass is 16.5. The summed E-state index contributed by atoms with van der Waals surface area (Å²) < 4.78 is 5.14. The number of amides is 2. The van der Waals surface area contributed by atoms with Crippen molar-refractivity contribution in [3.8, 4) is 5.88 Å². The summed E-state index contributed by atoms with van der Waals surface area (Å²) in [5.74, 6) is 0.673. The van der Waals surface area contributed by atoms with Crippen LogP contribution in [0.2, 0.25) is 0 Å². The van der Waals surface area contributed by atoms with Gasteiger partial charge in [0.05, 0.1) is 12.7 Å². The van der Waals surface area contributed by atoms with Gasteiger partial charge in [-0.25, -0.2) is 4.98 Å². The van der Waals surface area contributed by atoms with Crippen LogP contribution in [0.4, 0.5) is 0 Å². The van der Waals surface area contributed by atoms with Crippen LogP contribution >= 0.6 is 0 Å². The second-order valence-corrected chi connectivity index (χ2v) is 7.09. The minimum atomic E-state index is -0.0268. The number of hydrogen-bond donors (Lipinski definition) is 0. The Balaban J connectivity index is 1.54. The van der Waals surface area contributed by atoms with E-state index in [1.165, 1.54) is 7.11 Å². The summed E-state index contributed by atoms with van der Waals surface area (Å²) in [7, 11) is 1.53. The zero-order valence-electron chi connectivity index (χ0n) is 15.2. The molecule has 7 heteroatoms. The van der Waals surface area contributed by atoms with Gasteiger partial charge >= 0.3 is 0 Å². The quantitative estimate of drug-likeness (QED) is 0.829. The zero-order chi connectivity index (χ0) is 18.8. The number of fused-ring (bicyclic) bond motifs is 4. The molecule has 7 nitrogen and oxygen atoms in total. The Morgan fingerprint density at radius 1 is 1.07 bits per heavy atom. The van der Waals surface area contributed by atoms with Gasteiger partial charge in [0.2, 0.25) is 5.88 Å². The molecule has 2 aromatic rings. The lowest BCUT2D eigenvalue weighted by atomic mass is 9.94. The molecule has 2 aromatic heterocycles. The van der Waals surface area contributed by atoms with E-state index in [4.69, 9.17) is 4.74 Å². The fourth-order valence-corrected chi connectivity index (χ4v) is 3.99. The van der Waals surface area contributed by atoms with Crippen molar-refractivity contribution in [2.45, 2.75) is 18.9 Å². The fourth-order valence-electron chi connectivity index (χ4n) is 3.99. The molecule has 3 aliphatic rings.